The van der Waals surface area contributed by atoms with Crippen LogP contribution in [0.2, 0.25) is 5.02 Å². The van der Waals surface area contributed by atoms with Crippen LogP contribution in [0.15, 0.2) is 18.2 Å². The van der Waals surface area contributed by atoms with Crippen molar-refractivity contribution in [3.8, 4) is 22.9 Å². The third kappa shape index (κ3) is 3.00. The molecule has 1 aromatic heterocycles. The van der Waals surface area contributed by atoms with Crippen LogP contribution in [0.3, 0.4) is 0 Å². The third-order valence-electron chi connectivity index (χ3n) is 4.26. The van der Waals surface area contributed by atoms with E-state index in [2.05, 4.69) is 11.1 Å². The number of fused-ring (bicyclic) bond motifs is 1. The van der Waals surface area contributed by atoms with Crippen molar-refractivity contribution in [2.24, 2.45) is 0 Å². The second kappa shape index (κ2) is 7.10. The van der Waals surface area contributed by atoms with Gasteiger partial charge in [-0.25, -0.2) is 9.78 Å². The second-order valence-corrected chi connectivity index (χ2v) is 6.17. The molecule has 0 spiro atoms. The Morgan fingerprint density at radius 1 is 1.54 bits per heavy atom. The molecule has 0 saturated carbocycles. The molecule has 0 saturated heterocycles. The van der Waals surface area contributed by atoms with Gasteiger partial charge in [0.05, 0.1) is 23.9 Å². The monoisotopic (exact) mass is 372 g/mol. The van der Waals surface area contributed by atoms with Crippen LogP contribution in [0.4, 0.5) is 10.6 Å². The number of nitrogens with zero attached hydrogens (tertiary/aromatic N) is 3. The minimum Gasteiger partial charge on any atom is -0.506 e. The van der Waals surface area contributed by atoms with Crippen molar-refractivity contribution >= 4 is 23.5 Å². The molecule has 2 heterocycles. The summed E-state index contributed by atoms with van der Waals surface area (Å²) in [5, 5.41) is 19.7. The average Bonchev–Trinajstić information content (AvgIpc) is 2.63. The van der Waals surface area contributed by atoms with E-state index in [0.29, 0.717) is 35.3 Å². The van der Waals surface area contributed by atoms with Crippen molar-refractivity contribution in [3.63, 3.8) is 0 Å². The van der Waals surface area contributed by atoms with Gasteiger partial charge in [0, 0.05) is 29.7 Å². The SMILES string of the molecule is CCOC(=O)N1CCc2nc(N)c(C#N)c(-c3cccc(O)c3Cl)c2C1. The van der Waals surface area contributed by atoms with E-state index in [9.17, 15) is 15.2 Å². The second-order valence-electron chi connectivity index (χ2n) is 5.79. The number of carbonyl (C=O) groups excluding carboxylic acids is 1. The van der Waals surface area contributed by atoms with E-state index in [1.54, 1.807) is 24.0 Å². The molecule has 0 unspecified atom stereocenters. The van der Waals surface area contributed by atoms with Crippen LogP contribution in [0.25, 0.3) is 11.1 Å². The summed E-state index contributed by atoms with van der Waals surface area (Å²) in [6, 6.07) is 6.85. The number of hydrogen-bond donors (Lipinski definition) is 2. The van der Waals surface area contributed by atoms with Crippen LogP contribution in [0.1, 0.15) is 23.7 Å². The van der Waals surface area contributed by atoms with Crippen LogP contribution < -0.4 is 5.73 Å². The van der Waals surface area contributed by atoms with Crippen LogP contribution in [0.5, 0.6) is 5.75 Å². The van der Waals surface area contributed by atoms with Gasteiger partial charge < -0.3 is 20.5 Å². The minimum absolute atomic E-state index is 0.102. The predicted molar refractivity (Wildman–Crippen MR) is 96.6 cm³/mol. The van der Waals surface area contributed by atoms with Crippen molar-refractivity contribution in [3.05, 3.63) is 40.0 Å². The lowest BCUT2D eigenvalue weighted by Gasteiger charge is -2.30. The first kappa shape index (κ1) is 17.8. The number of phenolic OH excluding ortho intramolecular Hbond substituents is 1. The normalized spacial score (nSPS) is 13.0. The molecular formula is C18H17ClN4O3. The van der Waals surface area contributed by atoms with E-state index in [1.165, 1.54) is 6.07 Å². The van der Waals surface area contributed by atoms with E-state index in [-0.39, 0.29) is 35.3 Å². The molecule has 3 N–H and O–H groups in total. The van der Waals surface area contributed by atoms with Crippen LogP contribution in [-0.4, -0.2) is 34.2 Å². The molecule has 134 valence electrons. The molecule has 0 radical (unpaired) electrons. The van der Waals surface area contributed by atoms with Crippen molar-refractivity contribution < 1.29 is 14.6 Å². The van der Waals surface area contributed by atoms with E-state index in [1.807, 2.05) is 0 Å². The number of phenols is 1. The Labute approximate surface area is 155 Å². The number of rotatable bonds is 2. The molecule has 2 aromatic rings. The van der Waals surface area contributed by atoms with Gasteiger partial charge in [-0.05, 0) is 13.0 Å². The number of ether oxygens (including phenoxy) is 1. The van der Waals surface area contributed by atoms with Gasteiger partial charge in [-0.1, -0.05) is 23.7 Å². The highest BCUT2D eigenvalue weighted by molar-refractivity contribution is 6.35. The number of pyridine rings is 1. The standard InChI is InChI=1S/C18H17ClN4O3/c1-2-26-18(25)23-7-6-13-12(9-23)15(11(8-20)17(21)22-13)10-4-3-5-14(24)16(10)19/h3-5,24H,2,6-7,9H2,1H3,(H2,21,22). The summed E-state index contributed by atoms with van der Waals surface area (Å²) in [5.74, 6) is 0.000456. The molecule has 0 bridgehead atoms. The zero-order valence-corrected chi connectivity index (χ0v) is 14.9. The number of hydrogen-bond acceptors (Lipinski definition) is 6. The Kier molecular flexibility index (Phi) is 4.87. The van der Waals surface area contributed by atoms with Gasteiger partial charge in [-0.3, -0.25) is 0 Å². The number of nitriles is 1. The highest BCUT2D eigenvalue weighted by Gasteiger charge is 2.29. The summed E-state index contributed by atoms with van der Waals surface area (Å²) in [6.07, 6.45) is 0.0504. The predicted octanol–water partition coefficient (Wildman–Crippen LogP) is 3.08. The molecule has 1 amide bonds. The lowest BCUT2D eigenvalue weighted by molar-refractivity contribution is 0.102. The fraction of sp³-hybridized carbons (Fsp3) is 0.278. The maximum absolute atomic E-state index is 12.1. The Balaban J connectivity index is 2.21. The highest BCUT2D eigenvalue weighted by atomic mass is 35.5. The minimum atomic E-state index is -0.429. The number of aromatic nitrogens is 1. The molecule has 0 fully saturated rings. The molecular weight excluding hydrogens is 356 g/mol. The molecule has 7 nitrogen and oxygen atoms in total. The molecule has 3 rings (SSSR count). The quantitative estimate of drug-likeness (QED) is 0.837. The summed E-state index contributed by atoms with van der Waals surface area (Å²) in [7, 11) is 0. The fourth-order valence-corrected chi connectivity index (χ4v) is 3.29. The fourth-order valence-electron chi connectivity index (χ4n) is 3.07. The number of anilines is 1. The van der Waals surface area contributed by atoms with Crippen molar-refractivity contribution in [1.29, 1.82) is 5.26 Å². The van der Waals surface area contributed by atoms with Gasteiger partial charge in [0.1, 0.15) is 23.2 Å². The van der Waals surface area contributed by atoms with Gasteiger partial charge in [0.2, 0.25) is 0 Å². The van der Waals surface area contributed by atoms with Crippen LogP contribution in [-0.2, 0) is 17.7 Å². The summed E-state index contributed by atoms with van der Waals surface area (Å²) >= 11 is 6.27. The van der Waals surface area contributed by atoms with Crippen molar-refractivity contribution in [2.45, 2.75) is 19.9 Å². The maximum Gasteiger partial charge on any atom is 0.410 e. The lowest BCUT2D eigenvalue weighted by Crippen LogP contribution is -2.37. The van der Waals surface area contributed by atoms with E-state index >= 15 is 0 Å². The molecule has 0 aliphatic carbocycles. The molecule has 26 heavy (non-hydrogen) atoms. The van der Waals surface area contributed by atoms with Gasteiger partial charge in [0.25, 0.3) is 0 Å². The largest absolute Gasteiger partial charge is 0.506 e. The first-order valence-corrected chi connectivity index (χ1v) is 8.46. The number of halogens is 1. The Bertz CT molecular complexity index is 924. The average molecular weight is 373 g/mol. The van der Waals surface area contributed by atoms with Crippen molar-refractivity contribution in [1.82, 2.24) is 9.88 Å². The molecule has 1 aromatic carbocycles. The lowest BCUT2D eigenvalue weighted by atomic mass is 9.91. The Hall–Kier alpha value is -2.98. The summed E-state index contributed by atoms with van der Waals surface area (Å²) in [5.41, 5.74) is 8.50. The maximum atomic E-state index is 12.1. The summed E-state index contributed by atoms with van der Waals surface area (Å²) in [4.78, 5) is 18.0. The van der Waals surface area contributed by atoms with Crippen LogP contribution >= 0.6 is 11.6 Å². The zero-order valence-electron chi connectivity index (χ0n) is 14.1. The molecule has 8 heteroatoms. The zero-order chi connectivity index (χ0) is 18.8. The number of nitrogens with two attached hydrogens (primary N) is 1. The summed E-state index contributed by atoms with van der Waals surface area (Å²) in [6.45, 7) is 2.68. The Morgan fingerprint density at radius 2 is 2.31 bits per heavy atom. The summed E-state index contributed by atoms with van der Waals surface area (Å²) < 4.78 is 5.08. The number of aromatic hydroxyl groups is 1. The first-order chi connectivity index (χ1) is 12.5. The van der Waals surface area contributed by atoms with E-state index in [4.69, 9.17) is 22.1 Å². The van der Waals surface area contributed by atoms with E-state index < -0.39 is 6.09 Å². The van der Waals surface area contributed by atoms with Gasteiger partial charge in [-0.15, -0.1) is 0 Å². The highest BCUT2D eigenvalue weighted by Crippen LogP contribution is 2.41. The topological polar surface area (TPSA) is 112 Å². The van der Waals surface area contributed by atoms with Crippen LogP contribution in [0, 0.1) is 11.3 Å². The smallest absolute Gasteiger partial charge is 0.410 e. The molecule has 0 atom stereocenters. The number of carbonyl (C=O) groups is 1. The number of amides is 1. The van der Waals surface area contributed by atoms with Crippen molar-refractivity contribution in [2.75, 3.05) is 18.9 Å². The first-order valence-electron chi connectivity index (χ1n) is 8.08. The third-order valence-corrected chi connectivity index (χ3v) is 4.66. The van der Waals surface area contributed by atoms with E-state index in [0.717, 1.165) is 0 Å². The number of nitrogen functional groups attached to an aromatic ring is 1. The number of benzene rings is 1. The molecule has 1 aliphatic rings. The van der Waals surface area contributed by atoms with Gasteiger partial charge >= 0.3 is 6.09 Å². The Morgan fingerprint density at radius 3 is 3.00 bits per heavy atom. The van der Waals surface area contributed by atoms with Gasteiger partial charge in [0.15, 0.2) is 0 Å². The van der Waals surface area contributed by atoms with Gasteiger partial charge in [-0.2, -0.15) is 5.26 Å². The molecule has 1 aliphatic heterocycles.